The molecule has 8 heteroatoms. The van der Waals surface area contributed by atoms with Gasteiger partial charge in [-0.1, -0.05) is 50.3 Å². The molecule has 0 aliphatic heterocycles. The molecule has 8 nitrogen and oxygen atoms in total. The van der Waals surface area contributed by atoms with Crippen LogP contribution in [0.25, 0.3) is 0 Å². The van der Waals surface area contributed by atoms with Crippen molar-refractivity contribution < 1.29 is 24.2 Å². The van der Waals surface area contributed by atoms with E-state index in [4.69, 9.17) is 11.2 Å². The second-order valence-corrected chi connectivity index (χ2v) is 10.9. The molecule has 196 valence electrons. The van der Waals surface area contributed by atoms with Crippen LogP contribution < -0.4 is 10.6 Å². The molecule has 2 fully saturated rings. The van der Waals surface area contributed by atoms with Crippen LogP contribution in [-0.4, -0.2) is 58.2 Å². The number of benzene rings is 1. The molecule has 3 rings (SSSR count). The maximum atomic E-state index is 13.9. The average molecular weight is 498 g/mol. The number of carbonyl (C=O) groups excluding carboxylic acids is 3. The monoisotopic (exact) mass is 497 g/mol. The smallest absolute Gasteiger partial charge is 0.408 e. The zero-order chi connectivity index (χ0) is 26.5. The fourth-order valence-electron chi connectivity index (χ4n) is 4.80. The Morgan fingerprint density at radius 3 is 2.39 bits per heavy atom. The normalized spacial score (nSPS) is 21.4. The fraction of sp³-hybridized carbons (Fsp3) is 0.607. The number of rotatable bonds is 8. The summed E-state index contributed by atoms with van der Waals surface area (Å²) in [6, 6.07) is 4.65. The highest BCUT2D eigenvalue weighted by Crippen LogP contribution is 2.41. The minimum Gasteiger partial charge on any atom is -0.444 e. The third-order valence-electron chi connectivity index (χ3n) is 6.74. The van der Waals surface area contributed by atoms with Crippen molar-refractivity contribution in [2.45, 2.75) is 96.0 Å². The van der Waals surface area contributed by atoms with E-state index >= 15 is 0 Å². The molecule has 0 saturated heterocycles. The summed E-state index contributed by atoms with van der Waals surface area (Å²) in [6.45, 7) is 6.50. The quantitative estimate of drug-likeness (QED) is 0.478. The number of nitrogens with zero attached hydrogens (tertiary/aromatic N) is 1. The molecule has 0 heterocycles. The van der Waals surface area contributed by atoms with E-state index in [0.717, 1.165) is 32.1 Å². The van der Waals surface area contributed by atoms with Crippen LogP contribution in [0.1, 0.15) is 83.4 Å². The Bertz CT molecular complexity index is 990. The van der Waals surface area contributed by atoms with Gasteiger partial charge in [-0.2, -0.15) is 0 Å². The van der Waals surface area contributed by atoms with Gasteiger partial charge >= 0.3 is 6.09 Å². The second kappa shape index (κ2) is 11.8. The molecule has 4 atom stereocenters. The molecule has 1 aromatic rings. The zero-order valence-corrected chi connectivity index (χ0v) is 21.8. The van der Waals surface area contributed by atoms with Gasteiger partial charge in [0.15, 0.2) is 0 Å². The lowest BCUT2D eigenvalue weighted by atomic mass is 9.93. The largest absolute Gasteiger partial charge is 0.444 e. The SMILES string of the molecule is C#Cc1ccccc1C(C(=O)NC1CCCCC1)N(C(=O)C(CO)NC(=O)OC(C)(C)C)C1CC1C. The van der Waals surface area contributed by atoms with E-state index in [1.807, 2.05) is 6.92 Å². The van der Waals surface area contributed by atoms with Crippen LogP contribution in [0.15, 0.2) is 24.3 Å². The zero-order valence-electron chi connectivity index (χ0n) is 21.8. The summed E-state index contributed by atoms with van der Waals surface area (Å²) < 4.78 is 5.29. The van der Waals surface area contributed by atoms with Gasteiger partial charge in [0.25, 0.3) is 0 Å². The second-order valence-electron chi connectivity index (χ2n) is 10.9. The summed E-state index contributed by atoms with van der Waals surface area (Å²) in [6.07, 6.45) is 10.7. The van der Waals surface area contributed by atoms with Crippen LogP contribution in [-0.2, 0) is 14.3 Å². The minimum absolute atomic E-state index is 0.0360. The highest BCUT2D eigenvalue weighted by molar-refractivity contribution is 5.93. The van der Waals surface area contributed by atoms with Crippen molar-refractivity contribution in [3.63, 3.8) is 0 Å². The van der Waals surface area contributed by atoms with E-state index in [2.05, 4.69) is 16.6 Å². The molecule has 1 aromatic carbocycles. The van der Waals surface area contributed by atoms with Gasteiger partial charge in [-0.25, -0.2) is 4.79 Å². The van der Waals surface area contributed by atoms with Crippen molar-refractivity contribution >= 4 is 17.9 Å². The van der Waals surface area contributed by atoms with Gasteiger partial charge in [0, 0.05) is 17.6 Å². The Morgan fingerprint density at radius 2 is 1.83 bits per heavy atom. The van der Waals surface area contributed by atoms with Gasteiger partial charge in [0.1, 0.15) is 17.7 Å². The molecular formula is C28H39N3O5. The van der Waals surface area contributed by atoms with Crippen LogP contribution in [0.5, 0.6) is 0 Å². The summed E-state index contributed by atoms with van der Waals surface area (Å²) in [4.78, 5) is 41.6. The van der Waals surface area contributed by atoms with E-state index in [9.17, 15) is 19.5 Å². The van der Waals surface area contributed by atoms with Gasteiger partial charge < -0.3 is 25.4 Å². The Morgan fingerprint density at radius 1 is 1.19 bits per heavy atom. The highest BCUT2D eigenvalue weighted by Gasteiger charge is 2.48. The highest BCUT2D eigenvalue weighted by atomic mass is 16.6. The van der Waals surface area contributed by atoms with Gasteiger partial charge in [0.05, 0.1) is 6.61 Å². The number of terminal acetylenes is 1. The lowest BCUT2D eigenvalue weighted by molar-refractivity contribution is -0.144. The van der Waals surface area contributed by atoms with Crippen molar-refractivity contribution in [1.29, 1.82) is 0 Å². The molecular weight excluding hydrogens is 458 g/mol. The molecule has 2 aliphatic rings. The molecule has 0 spiro atoms. The average Bonchev–Trinajstić information content (AvgIpc) is 3.55. The standard InChI is InChI=1S/C28H39N3O5/c1-6-19-12-10-11-15-21(19)24(25(33)29-20-13-8-7-9-14-20)31(23-16-18(23)2)26(34)22(17-32)30-27(35)36-28(3,4)5/h1,10-12,15,18,20,22-24,32H,7-9,13-14,16-17H2,2-5H3,(H,29,33)(H,30,35). The lowest BCUT2D eigenvalue weighted by Crippen LogP contribution is -2.56. The van der Waals surface area contributed by atoms with Crippen LogP contribution in [0.3, 0.4) is 0 Å². The van der Waals surface area contributed by atoms with E-state index in [-0.39, 0.29) is 23.9 Å². The Balaban J connectivity index is 1.97. The number of aliphatic hydroxyl groups excluding tert-OH is 1. The maximum absolute atomic E-state index is 13.9. The number of ether oxygens (including phenoxy) is 1. The van der Waals surface area contributed by atoms with Crippen molar-refractivity contribution in [2.75, 3.05) is 6.61 Å². The molecule has 3 N–H and O–H groups in total. The summed E-state index contributed by atoms with van der Waals surface area (Å²) in [5, 5.41) is 15.7. The van der Waals surface area contributed by atoms with Gasteiger partial charge in [-0.15, -0.1) is 6.42 Å². The lowest BCUT2D eigenvalue weighted by Gasteiger charge is -2.36. The van der Waals surface area contributed by atoms with Crippen LogP contribution in [0, 0.1) is 18.3 Å². The summed E-state index contributed by atoms with van der Waals surface area (Å²) >= 11 is 0. The first kappa shape index (κ1) is 27.5. The maximum Gasteiger partial charge on any atom is 0.408 e. The van der Waals surface area contributed by atoms with Crippen molar-refractivity contribution in [3.05, 3.63) is 35.4 Å². The molecule has 4 unspecified atom stereocenters. The van der Waals surface area contributed by atoms with E-state index in [0.29, 0.717) is 17.5 Å². The number of hydrogen-bond donors (Lipinski definition) is 3. The van der Waals surface area contributed by atoms with Gasteiger partial charge in [0.2, 0.25) is 11.8 Å². The Kier molecular flexibility index (Phi) is 9.02. The molecule has 0 bridgehead atoms. The Labute approximate surface area is 214 Å². The minimum atomic E-state index is -1.27. The molecule has 0 radical (unpaired) electrons. The third-order valence-corrected chi connectivity index (χ3v) is 6.74. The number of aliphatic hydroxyl groups is 1. The molecule has 3 amide bonds. The van der Waals surface area contributed by atoms with Gasteiger partial charge in [-0.05, 0) is 57.6 Å². The first-order chi connectivity index (χ1) is 17.1. The number of alkyl carbamates (subject to hydrolysis) is 1. The van der Waals surface area contributed by atoms with Crippen LogP contribution in [0.2, 0.25) is 0 Å². The molecule has 2 aliphatic carbocycles. The van der Waals surface area contributed by atoms with Crippen molar-refractivity contribution in [1.82, 2.24) is 15.5 Å². The van der Waals surface area contributed by atoms with E-state index < -0.39 is 36.3 Å². The van der Waals surface area contributed by atoms with Gasteiger partial charge in [-0.3, -0.25) is 9.59 Å². The summed E-state index contributed by atoms with van der Waals surface area (Å²) in [5.74, 6) is 1.96. The molecule has 0 aromatic heterocycles. The predicted molar refractivity (Wildman–Crippen MR) is 137 cm³/mol. The summed E-state index contributed by atoms with van der Waals surface area (Å²) in [7, 11) is 0. The van der Waals surface area contributed by atoms with Crippen LogP contribution in [0.4, 0.5) is 4.79 Å². The topological polar surface area (TPSA) is 108 Å². The van der Waals surface area contributed by atoms with Crippen molar-refractivity contribution in [2.24, 2.45) is 5.92 Å². The summed E-state index contributed by atoms with van der Waals surface area (Å²) in [5.41, 5.74) is 0.300. The first-order valence-corrected chi connectivity index (χ1v) is 12.8. The number of hydrogen-bond acceptors (Lipinski definition) is 5. The Hall–Kier alpha value is -3.05. The third kappa shape index (κ3) is 7.01. The van der Waals surface area contributed by atoms with E-state index in [1.165, 1.54) is 4.90 Å². The number of amides is 3. The van der Waals surface area contributed by atoms with Crippen molar-refractivity contribution in [3.8, 4) is 12.3 Å². The first-order valence-electron chi connectivity index (χ1n) is 12.8. The number of carbonyl (C=O) groups is 3. The predicted octanol–water partition coefficient (Wildman–Crippen LogP) is 3.28. The molecule has 36 heavy (non-hydrogen) atoms. The number of nitrogens with one attached hydrogen (secondary N) is 2. The fourth-order valence-corrected chi connectivity index (χ4v) is 4.80. The van der Waals surface area contributed by atoms with Crippen LogP contribution >= 0.6 is 0 Å². The van der Waals surface area contributed by atoms with E-state index in [1.54, 1.807) is 45.0 Å². The molecule has 2 saturated carbocycles.